The number of hydrogen-bond donors (Lipinski definition) is 2. The summed E-state index contributed by atoms with van der Waals surface area (Å²) in [6, 6.07) is 1.64. The SMILES string of the molecule is COc1ccsc1S(=O)(=O)NC1CCCNC1. The van der Waals surface area contributed by atoms with Gasteiger partial charge in [-0.05, 0) is 30.8 Å². The molecule has 7 heteroatoms. The lowest BCUT2D eigenvalue weighted by Gasteiger charge is -2.23. The first-order valence-corrected chi connectivity index (χ1v) is 7.84. The van der Waals surface area contributed by atoms with E-state index in [4.69, 9.17) is 4.74 Å². The molecule has 0 bridgehead atoms. The first-order chi connectivity index (χ1) is 8.13. The Labute approximate surface area is 105 Å². The highest BCUT2D eigenvalue weighted by atomic mass is 32.2. The Morgan fingerprint density at radius 1 is 1.59 bits per heavy atom. The molecule has 0 spiro atoms. The number of nitrogens with one attached hydrogen (secondary N) is 2. The van der Waals surface area contributed by atoms with Crippen LogP contribution in [0.5, 0.6) is 5.75 Å². The summed E-state index contributed by atoms with van der Waals surface area (Å²) < 4.78 is 32.3. The maximum absolute atomic E-state index is 12.1. The fourth-order valence-corrected chi connectivity index (χ4v) is 4.42. The van der Waals surface area contributed by atoms with Crippen molar-refractivity contribution in [1.29, 1.82) is 0 Å². The third kappa shape index (κ3) is 2.98. The van der Waals surface area contributed by atoms with Crippen molar-refractivity contribution in [2.75, 3.05) is 20.2 Å². The second-order valence-electron chi connectivity index (χ2n) is 3.94. The normalized spacial score (nSPS) is 21.4. The van der Waals surface area contributed by atoms with Gasteiger partial charge >= 0.3 is 0 Å². The van der Waals surface area contributed by atoms with Crippen LogP contribution in [-0.4, -0.2) is 34.7 Å². The smallest absolute Gasteiger partial charge is 0.254 e. The molecule has 1 aliphatic heterocycles. The summed E-state index contributed by atoms with van der Waals surface area (Å²) in [5.41, 5.74) is 0. The van der Waals surface area contributed by atoms with Crippen LogP contribution in [0.15, 0.2) is 15.7 Å². The molecule has 0 amide bonds. The van der Waals surface area contributed by atoms with Crippen molar-refractivity contribution < 1.29 is 13.2 Å². The molecule has 0 saturated carbocycles. The number of rotatable bonds is 4. The predicted molar refractivity (Wildman–Crippen MR) is 67.1 cm³/mol. The molecular formula is C10H16N2O3S2. The summed E-state index contributed by atoms with van der Waals surface area (Å²) in [5, 5.41) is 4.89. The molecule has 0 aliphatic carbocycles. The lowest BCUT2D eigenvalue weighted by molar-refractivity contribution is 0.403. The number of sulfonamides is 1. The Hall–Kier alpha value is -0.630. The van der Waals surface area contributed by atoms with Gasteiger partial charge in [0.25, 0.3) is 10.0 Å². The van der Waals surface area contributed by atoms with Gasteiger partial charge in [-0.3, -0.25) is 0 Å². The van der Waals surface area contributed by atoms with Crippen molar-refractivity contribution in [3.05, 3.63) is 11.4 Å². The molecule has 1 unspecified atom stereocenters. The second kappa shape index (κ2) is 5.34. The average Bonchev–Trinajstić information content (AvgIpc) is 2.78. The highest BCUT2D eigenvalue weighted by molar-refractivity contribution is 7.91. The molecule has 1 atom stereocenters. The maximum Gasteiger partial charge on any atom is 0.254 e. The number of piperidine rings is 1. The largest absolute Gasteiger partial charge is 0.494 e. The topological polar surface area (TPSA) is 67.4 Å². The van der Waals surface area contributed by atoms with E-state index in [0.717, 1.165) is 19.4 Å². The molecule has 2 N–H and O–H groups in total. The highest BCUT2D eigenvalue weighted by Gasteiger charge is 2.25. The number of ether oxygens (including phenoxy) is 1. The third-order valence-electron chi connectivity index (χ3n) is 2.68. The van der Waals surface area contributed by atoms with Crippen LogP contribution in [0, 0.1) is 0 Å². The minimum atomic E-state index is -3.46. The monoisotopic (exact) mass is 276 g/mol. The Balaban J connectivity index is 2.13. The zero-order valence-electron chi connectivity index (χ0n) is 9.60. The van der Waals surface area contributed by atoms with Gasteiger partial charge in [0, 0.05) is 12.6 Å². The Morgan fingerprint density at radius 3 is 3.06 bits per heavy atom. The van der Waals surface area contributed by atoms with E-state index in [1.165, 1.54) is 18.4 Å². The Kier molecular flexibility index (Phi) is 4.03. The minimum absolute atomic E-state index is 0.0273. The van der Waals surface area contributed by atoms with Crippen molar-refractivity contribution in [1.82, 2.24) is 10.0 Å². The molecule has 1 aromatic heterocycles. The summed E-state index contributed by atoms with van der Waals surface area (Å²) in [6.45, 7) is 1.65. The molecule has 2 rings (SSSR count). The summed E-state index contributed by atoms with van der Waals surface area (Å²) >= 11 is 1.17. The summed E-state index contributed by atoms with van der Waals surface area (Å²) in [5.74, 6) is 0.409. The second-order valence-corrected chi connectivity index (χ2v) is 6.77. The molecule has 1 aromatic rings. The standard InChI is InChI=1S/C10H16N2O3S2/c1-15-9-4-6-16-10(9)17(13,14)12-8-3-2-5-11-7-8/h4,6,8,11-12H,2-3,5,7H2,1H3. The number of hydrogen-bond acceptors (Lipinski definition) is 5. The first-order valence-electron chi connectivity index (χ1n) is 5.48. The van der Waals surface area contributed by atoms with Gasteiger partial charge in [-0.1, -0.05) is 0 Å². The van der Waals surface area contributed by atoms with Gasteiger partial charge in [0.2, 0.25) is 0 Å². The lowest BCUT2D eigenvalue weighted by Crippen LogP contribution is -2.45. The van der Waals surface area contributed by atoms with Gasteiger partial charge in [0.15, 0.2) is 4.21 Å². The van der Waals surface area contributed by atoms with Crippen LogP contribution in [0.25, 0.3) is 0 Å². The first kappa shape index (κ1) is 12.8. The summed E-state index contributed by atoms with van der Waals surface area (Å²) in [6.07, 6.45) is 1.87. The van der Waals surface area contributed by atoms with Crippen LogP contribution < -0.4 is 14.8 Å². The van der Waals surface area contributed by atoms with Crippen LogP contribution in [0.1, 0.15) is 12.8 Å². The molecule has 1 aliphatic rings. The van der Waals surface area contributed by atoms with E-state index in [9.17, 15) is 8.42 Å². The van der Waals surface area contributed by atoms with Crippen molar-refractivity contribution >= 4 is 21.4 Å². The van der Waals surface area contributed by atoms with Crippen LogP contribution in [0.4, 0.5) is 0 Å². The van der Waals surface area contributed by atoms with Crippen molar-refractivity contribution in [3.63, 3.8) is 0 Å². The molecular weight excluding hydrogens is 260 g/mol. The molecule has 1 fully saturated rings. The molecule has 96 valence electrons. The van der Waals surface area contributed by atoms with Gasteiger partial charge in [-0.25, -0.2) is 13.1 Å². The van der Waals surface area contributed by atoms with E-state index in [-0.39, 0.29) is 10.3 Å². The highest BCUT2D eigenvalue weighted by Crippen LogP contribution is 2.29. The quantitative estimate of drug-likeness (QED) is 0.853. The fourth-order valence-electron chi connectivity index (χ4n) is 1.86. The molecule has 5 nitrogen and oxygen atoms in total. The van der Waals surface area contributed by atoms with Gasteiger partial charge in [-0.2, -0.15) is 0 Å². The van der Waals surface area contributed by atoms with Crippen LogP contribution >= 0.6 is 11.3 Å². The van der Waals surface area contributed by atoms with E-state index in [0.29, 0.717) is 12.3 Å². The molecule has 0 radical (unpaired) electrons. The lowest BCUT2D eigenvalue weighted by atomic mass is 10.1. The van der Waals surface area contributed by atoms with E-state index >= 15 is 0 Å². The van der Waals surface area contributed by atoms with Crippen molar-refractivity contribution in [2.24, 2.45) is 0 Å². The predicted octanol–water partition coefficient (Wildman–Crippen LogP) is 0.787. The van der Waals surface area contributed by atoms with Gasteiger partial charge in [-0.15, -0.1) is 11.3 Å². The van der Waals surface area contributed by atoms with Crippen LogP contribution in [-0.2, 0) is 10.0 Å². The molecule has 2 heterocycles. The van der Waals surface area contributed by atoms with Crippen molar-refractivity contribution in [3.8, 4) is 5.75 Å². The third-order valence-corrected chi connectivity index (χ3v) is 5.65. The molecule has 17 heavy (non-hydrogen) atoms. The number of methoxy groups -OCH3 is 1. The van der Waals surface area contributed by atoms with E-state index in [1.807, 2.05) is 0 Å². The van der Waals surface area contributed by atoms with Crippen LogP contribution in [0.3, 0.4) is 0 Å². The molecule has 0 aromatic carbocycles. The zero-order valence-corrected chi connectivity index (χ0v) is 11.2. The van der Waals surface area contributed by atoms with Gasteiger partial charge in [0.05, 0.1) is 7.11 Å². The van der Waals surface area contributed by atoms with E-state index < -0.39 is 10.0 Å². The Morgan fingerprint density at radius 2 is 2.41 bits per heavy atom. The van der Waals surface area contributed by atoms with Gasteiger partial charge < -0.3 is 10.1 Å². The van der Waals surface area contributed by atoms with Gasteiger partial charge in [0.1, 0.15) is 5.75 Å². The summed E-state index contributed by atoms with van der Waals surface area (Å²) in [7, 11) is -1.98. The number of thiophene rings is 1. The minimum Gasteiger partial charge on any atom is -0.494 e. The van der Waals surface area contributed by atoms with Crippen LogP contribution in [0.2, 0.25) is 0 Å². The summed E-state index contributed by atoms with van der Waals surface area (Å²) in [4.78, 5) is 0. The zero-order chi connectivity index (χ0) is 12.3. The fraction of sp³-hybridized carbons (Fsp3) is 0.600. The van der Waals surface area contributed by atoms with E-state index in [2.05, 4.69) is 10.0 Å². The van der Waals surface area contributed by atoms with Crippen molar-refractivity contribution in [2.45, 2.75) is 23.1 Å². The maximum atomic E-state index is 12.1. The molecule has 1 saturated heterocycles. The Bertz CT molecular complexity index is 464. The van der Waals surface area contributed by atoms with E-state index in [1.54, 1.807) is 11.4 Å². The average molecular weight is 276 g/mol.